The molecule has 1 aromatic heterocycles. The summed E-state index contributed by atoms with van der Waals surface area (Å²) in [5.41, 5.74) is -0.566. The van der Waals surface area contributed by atoms with Gasteiger partial charge in [-0.25, -0.2) is 13.1 Å². The van der Waals surface area contributed by atoms with Crippen molar-refractivity contribution in [1.82, 2.24) is 4.72 Å². The van der Waals surface area contributed by atoms with E-state index in [1.165, 1.54) is 25.1 Å². The topological polar surface area (TPSA) is 46.2 Å². The first-order valence-corrected chi connectivity index (χ1v) is 9.14. The van der Waals surface area contributed by atoms with Gasteiger partial charge in [-0.15, -0.1) is 11.3 Å². The van der Waals surface area contributed by atoms with Crippen LogP contribution in [0.25, 0.3) is 0 Å². The Bertz CT molecular complexity index is 772. The Morgan fingerprint density at radius 3 is 2.45 bits per heavy atom. The maximum atomic E-state index is 12.7. The lowest BCUT2D eigenvalue weighted by Gasteiger charge is -2.15. The van der Waals surface area contributed by atoms with Crippen LogP contribution in [-0.4, -0.2) is 8.42 Å². The zero-order valence-corrected chi connectivity index (χ0v) is 14.4. The summed E-state index contributed by atoms with van der Waals surface area (Å²) in [7, 11) is -3.78. The van der Waals surface area contributed by atoms with Crippen LogP contribution in [0.2, 0.25) is 0 Å². The van der Waals surface area contributed by atoms with Gasteiger partial charge >= 0.3 is 6.18 Å². The Morgan fingerprint density at radius 2 is 1.91 bits per heavy atom. The van der Waals surface area contributed by atoms with Crippen LogP contribution in [0.15, 0.2) is 44.4 Å². The Kier molecular flexibility index (Phi) is 5.00. The summed E-state index contributed by atoms with van der Waals surface area (Å²) in [4.78, 5) is 0. The molecule has 0 saturated heterocycles. The van der Waals surface area contributed by atoms with Crippen molar-refractivity contribution in [3.63, 3.8) is 0 Å². The number of hydrogen-bond donors (Lipinski definition) is 1. The maximum Gasteiger partial charge on any atom is 0.416 e. The van der Waals surface area contributed by atoms with Crippen molar-refractivity contribution < 1.29 is 21.6 Å². The summed E-state index contributed by atoms with van der Waals surface area (Å²) in [6.07, 6.45) is -4.47. The number of sulfonamides is 1. The molecule has 0 saturated carbocycles. The van der Waals surface area contributed by atoms with Gasteiger partial charge in [0.25, 0.3) is 10.0 Å². The Labute approximate surface area is 138 Å². The summed E-state index contributed by atoms with van der Waals surface area (Å²) in [6, 6.07) is 6.83. The predicted molar refractivity (Wildman–Crippen MR) is 82.2 cm³/mol. The van der Waals surface area contributed by atoms with Gasteiger partial charge in [0.1, 0.15) is 4.21 Å². The summed E-state index contributed by atoms with van der Waals surface area (Å²) < 4.78 is 65.5. The largest absolute Gasteiger partial charge is 0.416 e. The van der Waals surface area contributed by atoms with Crippen LogP contribution in [-0.2, 0) is 16.2 Å². The van der Waals surface area contributed by atoms with E-state index in [0.717, 1.165) is 23.5 Å². The van der Waals surface area contributed by atoms with Crippen molar-refractivity contribution in [3.05, 3.63) is 51.3 Å². The highest BCUT2D eigenvalue weighted by atomic mass is 79.9. The van der Waals surface area contributed by atoms with Crippen LogP contribution < -0.4 is 4.72 Å². The van der Waals surface area contributed by atoms with Crippen molar-refractivity contribution in [2.45, 2.75) is 23.4 Å². The highest BCUT2D eigenvalue weighted by Gasteiger charge is 2.31. The highest BCUT2D eigenvalue weighted by molar-refractivity contribution is 9.11. The SMILES string of the molecule is CC(NS(=O)(=O)c1ccc(Br)s1)c1cccc(C(F)(F)F)c1. The minimum Gasteiger partial charge on any atom is -0.206 e. The first kappa shape index (κ1) is 17.5. The first-order chi connectivity index (χ1) is 10.1. The number of benzene rings is 1. The molecule has 0 aliphatic carbocycles. The molecule has 2 aromatic rings. The third-order valence-electron chi connectivity index (χ3n) is 2.86. The molecule has 1 atom stereocenters. The molecule has 1 unspecified atom stereocenters. The van der Waals surface area contributed by atoms with Crippen LogP contribution in [0.5, 0.6) is 0 Å². The molecule has 3 nitrogen and oxygen atoms in total. The van der Waals surface area contributed by atoms with Crippen LogP contribution in [0, 0.1) is 0 Å². The van der Waals surface area contributed by atoms with Gasteiger partial charge in [-0.05, 0) is 52.7 Å². The molecule has 9 heteroatoms. The van der Waals surface area contributed by atoms with Gasteiger partial charge in [0, 0.05) is 6.04 Å². The van der Waals surface area contributed by atoms with Crippen LogP contribution in [0.3, 0.4) is 0 Å². The van der Waals surface area contributed by atoms with E-state index in [0.29, 0.717) is 3.79 Å². The second kappa shape index (κ2) is 6.31. The maximum absolute atomic E-state index is 12.7. The molecule has 0 bridgehead atoms. The van der Waals surface area contributed by atoms with Crippen LogP contribution >= 0.6 is 27.3 Å². The Balaban J connectivity index is 2.24. The quantitative estimate of drug-likeness (QED) is 0.797. The fraction of sp³-hybridized carbons (Fsp3) is 0.231. The van der Waals surface area contributed by atoms with Crippen molar-refractivity contribution in [2.24, 2.45) is 0 Å². The van der Waals surface area contributed by atoms with Crippen LogP contribution in [0.1, 0.15) is 24.1 Å². The molecule has 1 heterocycles. The average molecular weight is 414 g/mol. The molecular formula is C13H11BrF3NO2S2. The van der Waals surface area contributed by atoms with Gasteiger partial charge in [-0.3, -0.25) is 0 Å². The average Bonchev–Trinajstić information content (AvgIpc) is 2.85. The number of hydrogen-bond acceptors (Lipinski definition) is 3. The van der Waals surface area contributed by atoms with Gasteiger partial charge in [0.05, 0.1) is 9.35 Å². The lowest BCUT2D eigenvalue weighted by Crippen LogP contribution is -2.26. The molecule has 0 aliphatic heterocycles. The third kappa shape index (κ3) is 4.09. The molecule has 1 aromatic carbocycles. The third-order valence-corrected chi connectivity index (χ3v) is 6.52. The fourth-order valence-electron chi connectivity index (χ4n) is 1.79. The lowest BCUT2D eigenvalue weighted by molar-refractivity contribution is -0.137. The molecule has 0 aliphatic rings. The van der Waals surface area contributed by atoms with E-state index in [9.17, 15) is 21.6 Å². The van der Waals surface area contributed by atoms with Gasteiger partial charge < -0.3 is 0 Å². The van der Waals surface area contributed by atoms with E-state index in [4.69, 9.17) is 0 Å². The minimum absolute atomic E-state index is 0.0956. The number of nitrogens with one attached hydrogen (secondary N) is 1. The Hall–Kier alpha value is -0.900. The number of thiophene rings is 1. The normalized spacial score (nSPS) is 14.0. The monoisotopic (exact) mass is 413 g/mol. The molecular weight excluding hydrogens is 403 g/mol. The summed E-state index contributed by atoms with van der Waals surface area (Å²) in [5, 5.41) is 0. The minimum atomic E-state index is -4.47. The first-order valence-electron chi connectivity index (χ1n) is 6.04. The molecule has 0 fully saturated rings. The van der Waals surface area contributed by atoms with Crippen LogP contribution in [0.4, 0.5) is 13.2 Å². The Morgan fingerprint density at radius 1 is 1.23 bits per heavy atom. The van der Waals surface area contributed by atoms with E-state index in [2.05, 4.69) is 20.7 Å². The summed E-state index contributed by atoms with van der Waals surface area (Å²) in [6.45, 7) is 1.50. The van der Waals surface area contributed by atoms with E-state index < -0.39 is 27.8 Å². The standard InChI is InChI=1S/C13H11BrF3NO2S2/c1-8(9-3-2-4-10(7-9)13(15,16)17)18-22(19,20)12-6-5-11(14)21-12/h2-8,18H,1H3. The number of rotatable bonds is 4. The zero-order chi connectivity index (χ0) is 16.5. The predicted octanol–water partition coefficient (Wildman–Crippen LogP) is 4.57. The molecule has 0 amide bonds. The number of halogens is 4. The van der Waals surface area contributed by atoms with E-state index in [1.54, 1.807) is 6.07 Å². The van der Waals surface area contributed by atoms with Gasteiger partial charge in [0.15, 0.2) is 0 Å². The second-order valence-electron chi connectivity index (χ2n) is 4.52. The molecule has 1 N–H and O–H groups in total. The van der Waals surface area contributed by atoms with E-state index >= 15 is 0 Å². The van der Waals surface area contributed by atoms with Gasteiger partial charge in [-0.2, -0.15) is 13.2 Å². The number of alkyl halides is 3. The van der Waals surface area contributed by atoms with Gasteiger partial charge in [-0.1, -0.05) is 12.1 Å². The second-order valence-corrected chi connectivity index (χ2v) is 8.93. The molecule has 0 radical (unpaired) electrons. The van der Waals surface area contributed by atoms with Gasteiger partial charge in [0.2, 0.25) is 0 Å². The highest BCUT2D eigenvalue weighted by Crippen LogP contribution is 2.31. The fourth-order valence-corrected chi connectivity index (χ4v) is 5.04. The van der Waals surface area contributed by atoms with E-state index in [-0.39, 0.29) is 9.77 Å². The molecule has 0 spiro atoms. The van der Waals surface area contributed by atoms with Crippen molar-refractivity contribution in [2.75, 3.05) is 0 Å². The summed E-state index contributed by atoms with van der Waals surface area (Å²) >= 11 is 4.19. The molecule has 22 heavy (non-hydrogen) atoms. The zero-order valence-electron chi connectivity index (χ0n) is 11.2. The van der Waals surface area contributed by atoms with Crippen molar-refractivity contribution in [3.8, 4) is 0 Å². The molecule has 2 rings (SSSR count). The van der Waals surface area contributed by atoms with Crippen molar-refractivity contribution in [1.29, 1.82) is 0 Å². The van der Waals surface area contributed by atoms with E-state index in [1.807, 2.05) is 0 Å². The lowest BCUT2D eigenvalue weighted by atomic mass is 10.1. The van der Waals surface area contributed by atoms with Crippen molar-refractivity contribution >= 4 is 37.3 Å². The smallest absolute Gasteiger partial charge is 0.206 e. The summed E-state index contributed by atoms with van der Waals surface area (Å²) in [5.74, 6) is 0. The molecule has 120 valence electrons.